The summed E-state index contributed by atoms with van der Waals surface area (Å²) in [5, 5.41) is 29.5. The number of hydrogen-bond donors (Lipinski definition) is 4. The lowest BCUT2D eigenvalue weighted by Gasteiger charge is -2.00. The number of carboxylic acid groups (broad SMARTS) is 1. The van der Waals surface area contributed by atoms with Crippen LogP contribution in [0.1, 0.15) is 0 Å². The van der Waals surface area contributed by atoms with Gasteiger partial charge in [0.2, 0.25) is 17.4 Å². The van der Waals surface area contributed by atoms with E-state index in [1.807, 2.05) is 0 Å². The zero-order valence-corrected chi connectivity index (χ0v) is 9.90. The van der Waals surface area contributed by atoms with Crippen LogP contribution < -0.4 is 5.32 Å². The van der Waals surface area contributed by atoms with Gasteiger partial charge in [0.05, 0.1) is 5.56 Å². The molecule has 2 rings (SSSR count). The van der Waals surface area contributed by atoms with Gasteiger partial charge in [-0.05, 0) is 18.2 Å². The Labute approximate surface area is 110 Å². The Morgan fingerprint density at radius 1 is 1.32 bits per heavy atom. The van der Waals surface area contributed by atoms with Gasteiger partial charge in [-0.2, -0.15) is 0 Å². The van der Waals surface area contributed by atoms with E-state index in [2.05, 4.69) is 0 Å². The number of aromatic hydroxyl groups is 2. The average Bonchev–Trinajstić information content (AvgIpc) is 2.60. The normalized spacial score (nSPS) is 10.4. The smallest absolute Gasteiger partial charge is 0.411 e. The molecule has 4 N–H and O–H groups in total. The Morgan fingerprint density at radius 3 is 2.63 bits per heavy atom. The summed E-state index contributed by atoms with van der Waals surface area (Å²) in [6.45, 7) is 0. The van der Waals surface area contributed by atoms with E-state index >= 15 is 0 Å². The monoisotopic (exact) mass is 287 g/mol. The number of anilines is 1. The summed E-state index contributed by atoms with van der Waals surface area (Å²) in [6, 6.07) is 3.50. The van der Waals surface area contributed by atoms with Crippen molar-refractivity contribution in [1.29, 1.82) is 0 Å². The summed E-state index contributed by atoms with van der Waals surface area (Å²) in [4.78, 5) is 10.4. The average molecular weight is 288 g/mol. The molecule has 0 aliphatic carbocycles. The Bertz CT molecular complexity index is 655. The van der Waals surface area contributed by atoms with E-state index in [-0.39, 0.29) is 10.6 Å². The summed E-state index contributed by atoms with van der Waals surface area (Å²) in [6.07, 6.45) is -1.51. The quantitative estimate of drug-likeness (QED) is 0.679. The van der Waals surface area contributed by atoms with E-state index in [1.54, 1.807) is 5.32 Å². The first-order valence-corrected chi connectivity index (χ1v) is 5.28. The molecule has 0 bridgehead atoms. The van der Waals surface area contributed by atoms with Crippen LogP contribution in [0.15, 0.2) is 22.6 Å². The maximum atomic E-state index is 13.6. The minimum Gasteiger partial charge on any atom is -0.502 e. The molecule has 0 unspecified atom stereocenters. The molecule has 0 fully saturated rings. The second-order valence-corrected chi connectivity index (χ2v) is 3.95. The topological polar surface area (TPSA) is 103 Å². The van der Waals surface area contributed by atoms with Crippen molar-refractivity contribution in [2.75, 3.05) is 5.32 Å². The molecule has 100 valence electrons. The number of halogens is 2. The molecule has 2 aromatic rings. The molecule has 0 spiro atoms. The largest absolute Gasteiger partial charge is 0.502 e. The molecule has 0 saturated heterocycles. The molecule has 1 amide bonds. The number of furan rings is 1. The van der Waals surface area contributed by atoms with Crippen LogP contribution in [-0.2, 0) is 0 Å². The van der Waals surface area contributed by atoms with Crippen LogP contribution in [-0.4, -0.2) is 21.4 Å². The van der Waals surface area contributed by atoms with Crippen LogP contribution in [0.2, 0.25) is 5.02 Å². The third kappa shape index (κ3) is 2.41. The highest BCUT2D eigenvalue weighted by Crippen LogP contribution is 2.46. The molecule has 1 aromatic carbocycles. The predicted octanol–water partition coefficient (Wildman–Crippen LogP) is 3.24. The minimum absolute atomic E-state index is 0.180. The van der Waals surface area contributed by atoms with E-state index in [9.17, 15) is 19.4 Å². The van der Waals surface area contributed by atoms with Crippen molar-refractivity contribution in [2.45, 2.75) is 0 Å². The first-order chi connectivity index (χ1) is 8.90. The molecular weight excluding hydrogens is 281 g/mol. The molecule has 8 heteroatoms. The minimum atomic E-state index is -1.51. The van der Waals surface area contributed by atoms with E-state index in [0.717, 1.165) is 6.07 Å². The zero-order chi connectivity index (χ0) is 14.2. The van der Waals surface area contributed by atoms with Crippen LogP contribution in [0.3, 0.4) is 0 Å². The summed E-state index contributed by atoms with van der Waals surface area (Å²) in [5.41, 5.74) is -0.210. The number of rotatable bonds is 2. The van der Waals surface area contributed by atoms with Crippen molar-refractivity contribution < 1.29 is 28.9 Å². The van der Waals surface area contributed by atoms with E-state index < -0.39 is 35.1 Å². The van der Waals surface area contributed by atoms with Crippen molar-refractivity contribution in [3.05, 3.63) is 29.0 Å². The second-order valence-electron chi connectivity index (χ2n) is 3.51. The van der Waals surface area contributed by atoms with Gasteiger partial charge in [0.15, 0.2) is 5.76 Å². The predicted molar refractivity (Wildman–Crippen MR) is 64.1 cm³/mol. The van der Waals surface area contributed by atoms with Crippen molar-refractivity contribution in [1.82, 2.24) is 0 Å². The highest BCUT2D eigenvalue weighted by atomic mass is 35.5. The van der Waals surface area contributed by atoms with Crippen LogP contribution >= 0.6 is 11.6 Å². The molecule has 1 heterocycles. The Kier molecular flexibility index (Phi) is 3.22. The van der Waals surface area contributed by atoms with Gasteiger partial charge in [-0.3, -0.25) is 5.32 Å². The zero-order valence-electron chi connectivity index (χ0n) is 9.15. The standard InChI is InChI=1S/C11H7ClFNO5/c12-4-1-2-6(13)5(3-4)9-7(15)8(16)10(19-9)14-11(17)18/h1-3,14-16H,(H,17,18). The van der Waals surface area contributed by atoms with Gasteiger partial charge in [0.25, 0.3) is 0 Å². The van der Waals surface area contributed by atoms with Crippen LogP contribution in [0.25, 0.3) is 11.3 Å². The first-order valence-electron chi connectivity index (χ1n) is 4.90. The van der Waals surface area contributed by atoms with Crippen LogP contribution in [0.5, 0.6) is 11.5 Å². The first kappa shape index (κ1) is 13.0. The van der Waals surface area contributed by atoms with E-state index in [4.69, 9.17) is 21.1 Å². The van der Waals surface area contributed by atoms with Gasteiger partial charge < -0.3 is 19.7 Å². The van der Waals surface area contributed by atoms with Crippen LogP contribution in [0.4, 0.5) is 15.1 Å². The lowest BCUT2D eigenvalue weighted by molar-refractivity contribution is 0.209. The van der Waals surface area contributed by atoms with Gasteiger partial charge in [-0.15, -0.1) is 0 Å². The Morgan fingerprint density at radius 2 is 2.00 bits per heavy atom. The van der Waals surface area contributed by atoms with Gasteiger partial charge in [0.1, 0.15) is 5.82 Å². The number of carbonyl (C=O) groups is 1. The molecule has 0 aliphatic rings. The van der Waals surface area contributed by atoms with Gasteiger partial charge in [-0.1, -0.05) is 11.6 Å². The van der Waals surface area contributed by atoms with Gasteiger partial charge in [0, 0.05) is 5.02 Å². The Balaban J connectivity index is 2.57. The number of amides is 1. The van der Waals surface area contributed by atoms with Gasteiger partial charge >= 0.3 is 6.09 Å². The third-order valence-electron chi connectivity index (χ3n) is 2.25. The van der Waals surface area contributed by atoms with Gasteiger partial charge in [-0.25, -0.2) is 9.18 Å². The summed E-state index contributed by atoms with van der Waals surface area (Å²) in [7, 11) is 0. The fraction of sp³-hybridized carbons (Fsp3) is 0. The van der Waals surface area contributed by atoms with Crippen molar-refractivity contribution >= 4 is 23.6 Å². The number of hydrogen-bond acceptors (Lipinski definition) is 4. The molecule has 0 saturated carbocycles. The molecule has 6 nitrogen and oxygen atoms in total. The fourth-order valence-electron chi connectivity index (χ4n) is 1.45. The number of benzene rings is 1. The van der Waals surface area contributed by atoms with Crippen molar-refractivity contribution in [3.8, 4) is 22.8 Å². The molecule has 0 atom stereocenters. The SMILES string of the molecule is O=C(O)Nc1oc(-c2cc(Cl)ccc2F)c(O)c1O. The van der Waals surface area contributed by atoms with E-state index in [1.165, 1.54) is 12.1 Å². The molecule has 0 aliphatic heterocycles. The molecule has 1 aromatic heterocycles. The Hall–Kier alpha value is -2.41. The fourth-order valence-corrected chi connectivity index (χ4v) is 1.62. The highest BCUT2D eigenvalue weighted by Gasteiger charge is 2.24. The van der Waals surface area contributed by atoms with Crippen LogP contribution in [0, 0.1) is 5.82 Å². The van der Waals surface area contributed by atoms with Crippen molar-refractivity contribution in [3.63, 3.8) is 0 Å². The van der Waals surface area contributed by atoms with Crippen molar-refractivity contribution in [2.24, 2.45) is 0 Å². The second kappa shape index (κ2) is 4.69. The lowest BCUT2D eigenvalue weighted by Crippen LogP contribution is -2.06. The molecule has 19 heavy (non-hydrogen) atoms. The maximum Gasteiger partial charge on any atom is 0.411 e. The molecular formula is C11H7ClFNO5. The summed E-state index contributed by atoms with van der Waals surface area (Å²) in [5.74, 6) is -3.42. The van der Waals surface area contributed by atoms with E-state index in [0.29, 0.717) is 0 Å². The molecule has 0 radical (unpaired) electrons. The highest BCUT2D eigenvalue weighted by molar-refractivity contribution is 6.30. The number of nitrogens with one attached hydrogen (secondary N) is 1. The summed E-state index contributed by atoms with van der Waals surface area (Å²) >= 11 is 5.69. The third-order valence-corrected chi connectivity index (χ3v) is 2.49. The lowest BCUT2D eigenvalue weighted by atomic mass is 10.1. The maximum absolute atomic E-state index is 13.6. The summed E-state index contributed by atoms with van der Waals surface area (Å²) < 4.78 is 18.5.